The molecule has 1 aromatic carbocycles. The maximum absolute atomic E-state index is 15.2. The van der Waals surface area contributed by atoms with Gasteiger partial charge in [0.25, 0.3) is 12.3 Å². The fourth-order valence-corrected chi connectivity index (χ4v) is 4.33. The topological polar surface area (TPSA) is 72.5 Å². The SMILES string of the molecule is [2H]C([2H])([2H])N1CCC(Nc2nc(OC)c3c(-c4cc(F)c5ncn(CC(F)F)c5c4)c(F)cn3n2)C(F)(F)C1. The maximum Gasteiger partial charge on any atom is 0.280 e. The Labute approximate surface area is 204 Å². The molecule has 1 unspecified atom stereocenters. The first kappa shape index (κ1) is 20.6. The number of anilines is 1. The smallest absolute Gasteiger partial charge is 0.280 e. The van der Waals surface area contributed by atoms with E-state index < -0.39 is 50.1 Å². The van der Waals surface area contributed by atoms with Crippen molar-refractivity contribution in [2.45, 2.75) is 31.4 Å². The van der Waals surface area contributed by atoms with E-state index in [9.17, 15) is 22.0 Å². The number of nitrogens with zero attached hydrogens (tertiary/aromatic N) is 6. The normalized spacial score (nSPS) is 20.0. The number of alkyl halides is 4. The molecule has 8 nitrogen and oxygen atoms in total. The summed E-state index contributed by atoms with van der Waals surface area (Å²) < 4.78 is 115. The van der Waals surface area contributed by atoms with Crippen molar-refractivity contribution in [1.29, 1.82) is 0 Å². The number of nitrogens with one attached hydrogen (secondary N) is 1. The monoisotopic (exact) mass is 516 g/mol. The van der Waals surface area contributed by atoms with E-state index in [1.807, 2.05) is 0 Å². The number of rotatable bonds is 6. The second kappa shape index (κ2) is 8.84. The Morgan fingerprint density at radius 3 is 2.78 bits per heavy atom. The Morgan fingerprint density at radius 2 is 2.08 bits per heavy atom. The van der Waals surface area contributed by atoms with E-state index in [2.05, 4.69) is 20.4 Å². The molecule has 14 heteroatoms. The molecule has 0 radical (unpaired) electrons. The first-order valence-corrected chi connectivity index (χ1v) is 10.7. The van der Waals surface area contributed by atoms with Crippen molar-refractivity contribution in [3.63, 3.8) is 0 Å². The van der Waals surface area contributed by atoms with Gasteiger partial charge in [-0.2, -0.15) is 4.98 Å². The summed E-state index contributed by atoms with van der Waals surface area (Å²) in [6.45, 7) is -4.58. The number of benzene rings is 1. The van der Waals surface area contributed by atoms with Gasteiger partial charge in [0.05, 0.1) is 49.8 Å². The first-order valence-electron chi connectivity index (χ1n) is 12.2. The number of halogens is 6. The van der Waals surface area contributed by atoms with E-state index in [-0.39, 0.29) is 52.5 Å². The molecular formula is C22H21F6N7O. The fraction of sp³-hybridized carbons (Fsp3) is 0.409. The molecular weight excluding hydrogens is 492 g/mol. The van der Waals surface area contributed by atoms with Crippen molar-refractivity contribution < 1.29 is 35.2 Å². The van der Waals surface area contributed by atoms with Crippen molar-refractivity contribution in [3.05, 3.63) is 36.3 Å². The summed E-state index contributed by atoms with van der Waals surface area (Å²) in [4.78, 5) is 8.59. The van der Waals surface area contributed by atoms with Gasteiger partial charge in [0.1, 0.15) is 11.0 Å². The third-order valence-electron chi connectivity index (χ3n) is 5.95. The molecule has 4 aromatic rings. The van der Waals surface area contributed by atoms with E-state index >= 15 is 4.39 Å². The molecule has 0 amide bonds. The lowest BCUT2D eigenvalue weighted by Gasteiger charge is -2.36. The Kier molecular flexibility index (Phi) is 5.06. The Hall–Kier alpha value is -3.55. The van der Waals surface area contributed by atoms with Gasteiger partial charge in [0, 0.05) is 10.7 Å². The summed E-state index contributed by atoms with van der Waals surface area (Å²) in [7, 11) is 1.20. The van der Waals surface area contributed by atoms with Crippen LogP contribution in [0.1, 0.15) is 10.5 Å². The third-order valence-corrected chi connectivity index (χ3v) is 5.95. The minimum absolute atomic E-state index is 0.00727. The van der Waals surface area contributed by atoms with Crippen LogP contribution in [-0.4, -0.2) is 74.6 Å². The van der Waals surface area contributed by atoms with Crippen LogP contribution in [0.3, 0.4) is 0 Å². The highest BCUT2D eigenvalue weighted by Gasteiger charge is 2.44. The molecule has 0 bridgehead atoms. The molecule has 1 aliphatic heterocycles. The van der Waals surface area contributed by atoms with Gasteiger partial charge in [0.2, 0.25) is 11.8 Å². The minimum atomic E-state index is -3.46. The van der Waals surface area contributed by atoms with Crippen LogP contribution in [0.5, 0.6) is 5.88 Å². The van der Waals surface area contributed by atoms with E-state index in [4.69, 9.17) is 8.85 Å². The third kappa shape index (κ3) is 4.18. The zero-order chi connectivity index (χ0) is 28.3. The van der Waals surface area contributed by atoms with Gasteiger partial charge >= 0.3 is 0 Å². The standard InChI is InChI=1S/C22H21F6N7O/c1-33-4-3-15(22(27,28)9-33)30-21-31-20(36-2)19-17(13(24)7-35(19)32-21)11-5-12(23)18-14(6-11)34(10-29-18)8-16(25)26/h5-7,10,15-16H,3-4,8-9H2,1-2H3,(H,30,32)/i1D3. The Morgan fingerprint density at radius 1 is 1.28 bits per heavy atom. The van der Waals surface area contributed by atoms with Gasteiger partial charge in [0.15, 0.2) is 11.6 Å². The highest BCUT2D eigenvalue weighted by Crippen LogP contribution is 2.37. The summed E-state index contributed by atoms with van der Waals surface area (Å²) in [5, 5.41) is 6.54. The number of hydrogen-bond acceptors (Lipinski definition) is 6. The summed E-state index contributed by atoms with van der Waals surface area (Å²) >= 11 is 0. The van der Waals surface area contributed by atoms with Crippen LogP contribution in [0.25, 0.3) is 27.7 Å². The number of methoxy groups -OCH3 is 1. The van der Waals surface area contributed by atoms with E-state index in [1.54, 1.807) is 0 Å². The predicted octanol–water partition coefficient (Wildman–Crippen LogP) is 4.05. The lowest BCUT2D eigenvalue weighted by molar-refractivity contribution is -0.0675. The summed E-state index contributed by atoms with van der Waals surface area (Å²) in [6.07, 6.45) is -1.02. The lowest BCUT2D eigenvalue weighted by atomic mass is 10.0. The van der Waals surface area contributed by atoms with Crippen molar-refractivity contribution in [2.24, 2.45) is 0 Å². The van der Waals surface area contributed by atoms with Gasteiger partial charge in [-0.05, 0) is 31.1 Å². The van der Waals surface area contributed by atoms with Crippen molar-refractivity contribution in [1.82, 2.24) is 29.0 Å². The molecule has 0 aliphatic carbocycles. The van der Waals surface area contributed by atoms with E-state index in [0.29, 0.717) is 4.90 Å². The van der Waals surface area contributed by atoms with Crippen molar-refractivity contribution in [3.8, 4) is 17.0 Å². The van der Waals surface area contributed by atoms with Crippen LogP contribution in [0.2, 0.25) is 0 Å². The Balaban J connectivity index is 1.53. The van der Waals surface area contributed by atoms with Crippen LogP contribution < -0.4 is 10.1 Å². The first-order chi connectivity index (χ1) is 18.3. The number of hydrogen-bond donors (Lipinski definition) is 1. The fourth-order valence-electron chi connectivity index (χ4n) is 4.33. The molecule has 192 valence electrons. The maximum atomic E-state index is 15.2. The zero-order valence-electron chi connectivity index (χ0n) is 21.7. The number of imidazole rings is 1. The molecule has 1 N–H and O–H groups in total. The highest BCUT2D eigenvalue weighted by atomic mass is 19.3. The van der Waals surface area contributed by atoms with Gasteiger partial charge in [-0.1, -0.05) is 0 Å². The predicted molar refractivity (Wildman–Crippen MR) is 119 cm³/mol. The second-order valence-corrected chi connectivity index (χ2v) is 8.37. The summed E-state index contributed by atoms with van der Waals surface area (Å²) in [5.41, 5.74) is -0.484. The highest BCUT2D eigenvalue weighted by molar-refractivity contribution is 5.90. The van der Waals surface area contributed by atoms with Gasteiger partial charge in [-0.15, -0.1) is 5.10 Å². The second-order valence-electron chi connectivity index (χ2n) is 8.37. The molecule has 4 heterocycles. The zero-order valence-corrected chi connectivity index (χ0v) is 18.7. The van der Waals surface area contributed by atoms with Crippen LogP contribution in [0.4, 0.5) is 32.3 Å². The van der Waals surface area contributed by atoms with Gasteiger partial charge in [-0.3, -0.25) is 0 Å². The van der Waals surface area contributed by atoms with Crippen LogP contribution >= 0.6 is 0 Å². The van der Waals surface area contributed by atoms with Crippen LogP contribution in [-0.2, 0) is 6.54 Å². The van der Waals surface area contributed by atoms with E-state index in [1.165, 1.54) is 13.2 Å². The number of aromatic nitrogens is 5. The molecule has 5 rings (SSSR count). The summed E-state index contributed by atoms with van der Waals surface area (Å²) in [6, 6.07) is 0.743. The minimum Gasteiger partial charge on any atom is -0.479 e. The van der Waals surface area contributed by atoms with Gasteiger partial charge in [-0.25, -0.2) is 35.8 Å². The molecule has 0 saturated carbocycles. The van der Waals surface area contributed by atoms with Gasteiger partial charge < -0.3 is 19.5 Å². The average molecular weight is 516 g/mol. The largest absolute Gasteiger partial charge is 0.479 e. The number of piperidine rings is 1. The number of likely N-dealkylation sites (tertiary alicyclic amines) is 1. The van der Waals surface area contributed by atoms with Crippen LogP contribution in [0, 0.1) is 11.6 Å². The molecule has 1 saturated heterocycles. The Bertz CT molecular complexity index is 1540. The molecule has 1 atom stereocenters. The molecule has 1 aliphatic rings. The molecule has 36 heavy (non-hydrogen) atoms. The lowest BCUT2D eigenvalue weighted by Crippen LogP contribution is -2.53. The van der Waals surface area contributed by atoms with Crippen molar-refractivity contribution in [2.75, 3.05) is 32.5 Å². The average Bonchev–Trinajstić information content (AvgIpc) is 3.38. The molecule has 0 spiro atoms. The number of ether oxygens (including phenoxy) is 1. The quantitative estimate of drug-likeness (QED) is 0.390. The van der Waals surface area contributed by atoms with E-state index in [0.717, 1.165) is 27.7 Å². The van der Waals surface area contributed by atoms with Crippen LogP contribution in [0.15, 0.2) is 24.7 Å². The molecule has 3 aromatic heterocycles. The van der Waals surface area contributed by atoms with Crippen molar-refractivity contribution >= 4 is 22.5 Å². The summed E-state index contributed by atoms with van der Waals surface area (Å²) in [5.74, 6) is -5.81. The molecule has 1 fully saturated rings. The number of fused-ring (bicyclic) bond motifs is 2.